The monoisotopic (exact) mass is 466 g/mol. The van der Waals surface area contributed by atoms with E-state index in [0.29, 0.717) is 47.8 Å². The molecule has 1 aromatic carbocycles. The molecule has 0 atom stereocenters. The molecule has 9 heteroatoms. The molecule has 0 aliphatic rings. The number of thioether (sulfide) groups is 1. The quantitative estimate of drug-likeness (QED) is 0.484. The molecular weight excluding hydrogens is 432 g/mol. The van der Waals surface area contributed by atoms with Gasteiger partial charge >= 0.3 is 0 Å². The van der Waals surface area contributed by atoms with E-state index in [2.05, 4.69) is 24.0 Å². The first-order valence-corrected chi connectivity index (χ1v) is 13.0. The number of aromatic nitrogens is 3. The van der Waals surface area contributed by atoms with E-state index in [-0.39, 0.29) is 10.7 Å². The summed E-state index contributed by atoms with van der Waals surface area (Å²) in [6.45, 7) is 15.1. The minimum Gasteiger partial charge on any atom is -0.302 e. The Morgan fingerprint density at radius 3 is 2.35 bits per heavy atom. The predicted molar refractivity (Wildman–Crippen MR) is 126 cm³/mol. The van der Waals surface area contributed by atoms with Crippen LogP contribution in [0.15, 0.2) is 34.3 Å². The summed E-state index contributed by atoms with van der Waals surface area (Å²) in [6.07, 6.45) is 0. The first kappa shape index (κ1) is 25.5. The van der Waals surface area contributed by atoms with Crippen molar-refractivity contribution in [2.24, 2.45) is 11.3 Å². The average Bonchev–Trinajstić information content (AvgIpc) is 3.08. The van der Waals surface area contributed by atoms with Crippen molar-refractivity contribution in [3.63, 3.8) is 0 Å². The fourth-order valence-corrected chi connectivity index (χ4v) is 5.61. The molecule has 0 saturated carbocycles. The van der Waals surface area contributed by atoms with Crippen molar-refractivity contribution in [2.75, 3.05) is 18.8 Å². The van der Waals surface area contributed by atoms with Gasteiger partial charge in [-0.15, -0.1) is 10.2 Å². The molecule has 0 amide bonds. The van der Waals surface area contributed by atoms with Crippen LogP contribution in [0.3, 0.4) is 0 Å². The van der Waals surface area contributed by atoms with Crippen molar-refractivity contribution in [2.45, 2.75) is 65.1 Å². The maximum atomic E-state index is 13.0. The molecule has 0 aliphatic heterocycles. The van der Waals surface area contributed by atoms with Gasteiger partial charge in [-0.3, -0.25) is 4.79 Å². The van der Waals surface area contributed by atoms with Crippen molar-refractivity contribution < 1.29 is 13.2 Å². The van der Waals surface area contributed by atoms with Crippen molar-refractivity contribution in [1.82, 2.24) is 19.1 Å². The molecule has 0 unspecified atom stereocenters. The number of nitrogens with zero attached hydrogens (tertiary/aromatic N) is 4. The number of rotatable bonds is 10. The van der Waals surface area contributed by atoms with Crippen LogP contribution in [0.1, 0.15) is 48.5 Å². The van der Waals surface area contributed by atoms with Gasteiger partial charge in [0.15, 0.2) is 11.0 Å². The first-order chi connectivity index (χ1) is 14.4. The zero-order valence-electron chi connectivity index (χ0n) is 19.5. The zero-order chi connectivity index (χ0) is 23.4. The van der Waals surface area contributed by atoms with Gasteiger partial charge in [0.25, 0.3) is 0 Å². The number of hydrogen-bond acceptors (Lipinski definition) is 6. The SMILES string of the molecule is CCN(CC)S(=O)(=O)c1cccc(-c2nnc(SCC(=O)C(C)(C)C)n2CC(C)C)c1. The number of carbonyl (C=O) groups excluding carboxylic acids is 1. The maximum absolute atomic E-state index is 13.0. The second-order valence-corrected chi connectivity index (χ2v) is 11.8. The Bertz CT molecular complexity index is 1000. The standard InChI is InChI=1S/C22H34N4O3S2/c1-8-25(9-2)31(28,29)18-12-10-11-17(13-18)20-23-24-21(26(20)14-16(3)4)30-15-19(27)22(5,6)7/h10-13,16H,8-9,14-15H2,1-7H3. The third kappa shape index (κ3) is 6.17. The molecule has 2 aromatic rings. The lowest BCUT2D eigenvalue weighted by Gasteiger charge is -2.19. The van der Waals surface area contributed by atoms with Crippen molar-refractivity contribution in [1.29, 1.82) is 0 Å². The van der Waals surface area contributed by atoms with E-state index in [1.165, 1.54) is 16.1 Å². The average molecular weight is 467 g/mol. The maximum Gasteiger partial charge on any atom is 0.243 e. The van der Waals surface area contributed by atoms with E-state index in [4.69, 9.17) is 0 Å². The van der Waals surface area contributed by atoms with Crippen LogP contribution in [0.4, 0.5) is 0 Å². The summed E-state index contributed by atoms with van der Waals surface area (Å²) >= 11 is 1.37. The van der Waals surface area contributed by atoms with Gasteiger partial charge in [-0.2, -0.15) is 4.31 Å². The van der Waals surface area contributed by atoms with Crippen LogP contribution in [0.2, 0.25) is 0 Å². The number of benzene rings is 1. The number of sulfonamides is 1. The van der Waals surface area contributed by atoms with Gasteiger partial charge < -0.3 is 4.57 Å². The molecule has 172 valence electrons. The van der Waals surface area contributed by atoms with Crippen molar-refractivity contribution in [3.8, 4) is 11.4 Å². The van der Waals surface area contributed by atoms with E-state index >= 15 is 0 Å². The Kier molecular flexibility index (Phi) is 8.47. The fourth-order valence-electron chi connectivity index (χ4n) is 2.99. The molecule has 1 heterocycles. The summed E-state index contributed by atoms with van der Waals surface area (Å²) < 4.78 is 29.3. The van der Waals surface area contributed by atoms with Crippen LogP contribution in [0, 0.1) is 11.3 Å². The molecule has 1 aromatic heterocycles. The first-order valence-electron chi connectivity index (χ1n) is 10.6. The van der Waals surface area contributed by atoms with Gasteiger partial charge in [0.2, 0.25) is 10.0 Å². The summed E-state index contributed by atoms with van der Waals surface area (Å²) in [4.78, 5) is 12.6. The molecule has 0 aliphatic carbocycles. The van der Waals surface area contributed by atoms with E-state index < -0.39 is 15.4 Å². The molecule has 0 N–H and O–H groups in total. The Hall–Kier alpha value is -1.71. The van der Waals surface area contributed by atoms with E-state index in [1.54, 1.807) is 18.2 Å². The van der Waals surface area contributed by atoms with Gasteiger partial charge in [0.05, 0.1) is 10.6 Å². The van der Waals surface area contributed by atoms with Gasteiger partial charge in [-0.1, -0.05) is 72.4 Å². The number of carbonyl (C=O) groups is 1. The summed E-state index contributed by atoms with van der Waals surface area (Å²) in [5.74, 6) is 1.40. The summed E-state index contributed by atoms with van der Waals surface area (Å²) in [5, 5.41) is 9.35. The lowest BCUT2D eigenvalue weighted by molar-refractivity contribution is -0.123. The topological polar surface area (TPSA) is 85.2 Å². The smallest absolute Gasteiger partial charge is 0.243 e. The van der Waals surface area contributed by atoms with Crippen molar-refractivity contribution >= 4 is 27.6 Å². The highest BCUT2D eigenvalue weighted by molar-refractivity contribution is 7.99. The number of Topliss-reactive ketones (excluding diaryl/α,β-unsaturated/α-hetero) is 1. The number of ketones is 1. The lowest BCUT2D eigenvalue weighted by Crippen LogP contribution is -2.30. The molecule has 0 spiro atoms. The molecule has 2 rings (SSSR count). The minimum absolute atomic E-state index is 0.144. The van der Waals surface area contributed by atoms with Crippen LogP contribution in [0.25, 0.3) is 11.4 Å². The van der Waals surface area contributed by atoms with Crippen LogP contribution in [0.5, 0.6) is 0 Å². The van der Waals surface area contributed by atoms with Crippen LogP contribution in [-0.2, 0) is 21.4 Å². The normalized spacial score (nSPS) is 12.7. The van der Waals surface area contributed by atoms with E-state index in [1.807, 2.05) is 45.3 Å². The molecule has 0 radical (unpaired) electrons. The molecule has 7 nitrogen and oxygen atoms in total. The fraction of sp³-hybridized carbons (Fsp3) is 0.591. The minimum atomic E-state index is -3.57. The van der Waals surface area contributed by atoms with Crippen LogP contribution < -0.4 is 0 Å². The Labute approximate surface area is 190 Å². The summed E-state index contributed by atoms with van der Waals surface area (Å²) in [7, 11) is -3.57. The molecule has 31 heavy (non-hydrogen) atoms. The van der Waals surface area contributed by atoms with Crippen LogP contribution >= 0.6 is 11.8 Å². The van der Waals surface area contributed by atoms with Crippen molar-refractivity contribution in [3.05, 3.63) is 24.3 Å². The Morgan fingerprint density at radius 2 is 1.81 bits per heavy atom. The zero-order valence-corrected chi connectivity index (χ0v) is 21.2. The highest BCUT2D eigenvalue weighted by Crippen LogP contribution is 2.29. The highest BCUT2D eigenvalue weighted by atomic mass is 32.2. The van der Waals surface area contributed by atoms with E-state index in [9.17, 15) is 13.2 Å². The third-order valence-electron chi connectivity index (χ3n) is 4.87. The van der Waals surface area contributed by atoms with Gasteiger partial charge in [-0.25, -0.2) is 8.42 Å². The van der Waals surface area contributed by atoms with E-state index in [0.717, 1.165) is 0 Å². The molecular formula is C22H34N4O3S2. The van der Waals surface area contributed by atoms with Crippen LogP contribution in [-0.4, -0.2) is 52.1 Å². The second-order valence-electron chi connectivity index (χ2n) is 8.89. The predicted octanol–water partition coefficient (Wildman–Crippen LogP) is 4.34. The Balaban J connectivity index is 2.45. The van der Waals surface area contributed by atoms with Gasteiger partial charge in [0, 0.05) is 30.6 Å². The Morgan fingerprint density at radius 1 is 1.16 bits per heavy atom. The molecule has 0 saturated heterocycles. The van der Waals surface area contributed by atoms with Gasteiger partial charge in [0.1, 0.15) is 5.78 Å². The largest absolute Gasteiger partial charge is 0.302 e. The highest BCUT2D eigenvalue weighted by Gasteiger charge is 2.25. The number of hydrogen-bond donors (Lipinski definition) is 0. The second kappa shape index (κ2) is 10.3. The molecule has 0 bridgehead atoms. The third-order valence-corrected chi connectivity index (χ3v) is 7.88. The summed E-state index contributed by atoms with van der Waals surface area (Å²) in [6, 6.07) is 6.84. The summed E-state index contributed by atoms with van der Waals surface area (Å²) in [5.41, 5.74) is 0.279. The van der Waals surface area contributed by atoms with Gasteiger partial charge in [-0.05, 0) is 18.1 Å². The molecule has 0 fully saturated rings. The lowest BCUT2D eigenvalue weighted by atomic mass is 9.92.